The van der Waals surface area contributed by atoms with Crippen molar-refractivity contribution in [3.8, 4) is 0 Å². The zero-order valence-corrected chi connectivity index (χ0v) is 14.3. The Balaban J connectivity index is 2.22. The van der Waals surface area contributed by atoms with Crippen molar-refractivity contribution < 1.29 is 19.2 Å². The van der Waals surface area contributed by atoms with Gasteiger partial charge in [-0.05, 0) is 46.0 Å². The van der Waals surface area contributed by atoms with E-state index in [9.17, 15) is 9.59 Å². The molecule has 22 heavy (non-hydrogen) atoms. The second kappa shape index (κ2) is 6.44. The van der Waals surface area contributed by atoms with E-state index in [-0.39, 0.29) is 18.0 Å². The van der Waals surface area contributed by atoms with Gasteiger partial charge in [0.25, 0.3) is 5.91 Å². The van der Waals surface area contributed by atoms with Gasteiger partial charge in [-0.2, -0.15) is 0 Å². The van der Waals surface area contributed by atoms with Crippen LogP contribution in [0, 0.1) is 5.92 Å². The highest BCUT2D eigenvalue weighted by Crippen LogP contribution is 2.40. The number of fused-ring (bicyclic) bond motifs is 1. The quantitative estimate of drug-likeness (QED) is 0.735. The van der Waals surface area contributed by atoms with Crippen LogP contribution < -0.4 is 0 Å². The highest BCUT2D eigenvalue weighted by atomic mass is 16.7. The third-order valence-electron chi connectivity index (χ3n) is 4.56. The van der Waals surface area contributed by atoms with E-state index in [4.69, 9.17) is 9.57 Å². The number of amides is 2. The zero-order chi connectivity index (χ0) is 16.5. The summed E-state index contributed by atoms with van der Waals surface area (Å²) in [6.07, 6.45) is 4.61. The number of carbonyl (C=O) groups is 2. The SMILES string of the molecule is CON(C)C(=O)[C@@H]1C[C@@H]2CCCC[C@@H]2N1C(=O)OC(C)(C)C. The van der Waals surface area contributed by atoms with Gasteiger partial charge in [-0.3, -0.25) is 14.5 Å². The van der Waals surface area contributed by atoms with Crippen molar-refractivity contribution >= 4 is 12.0 Å². The summed E-state index contributed by atoms with van der Waals surface area (Å²) >= 11 is 0. The van der Waals surface area contributed by atoms with Gasteiger partial charge in [-0.15, -0.1) is 0 Å². The van der Waals surface area contributed by atoms with Crippen LogP contribution in [0.2, 0.25) is 0 Å². The minimum atomic E-state index is -0.565. The molecule has 0 aromatic rings. The zero-order valence-electron chi connectivity index (χ0n) is 14.3. The number of ether oxygens (including phenoxy) is 1. The molecule has 0 N–H and O–H groups in total. The first kappa shape index (κ1) is 17.1. The molecular weight excluding hydrogens is 284 g/mol. The van der Waals surface area contributed by atoms with Crippen LogP contribution in [-0.4, -0.2) is 53.8 Å². The fraction of sp³-hybridized carbons (Fsp3) is 0.875. The lowest BCUT2D eigenvalue weighted by Gasteiger charge is -2.35. The van der Waals surface area contributed by atoms with Crippen LogP contribution in [-0.2, 0) is 14.4 Å². The summed E-state index contributed by atoms with van der Waals surface area (Å²) in [5.41, 5.74) is -0.565. The molecule has 0 spiro atoms. The lowest BCUT2D eigenvalue weighted by Crippen LogP contribution is -2.51. The Labute approximate surface area is 132 Å². The summed E-state index contributed by atoms with van der Waals surface area (Å²) in [7, 11) is 3.04. The normalized spacial score (nSPS) is 28.2. The molecule has 6 heteroatoms. The van der Waals surface area contributed by atoms with Gasteiger partial charge in [-0.25, -0.2) is 9.86 Å². The Morgan fingerprint density at radius 2 is 1.82 bits per heavy atom. The number of likely N-dealkylation sites (tertiary alicyclic amines) is 1. The van der Waals surface area contributed by atoms with Crippen LogP contribution in [0.3, 0.4) is 0 Å². The predicted molar refractivity (Wildman–Crippen MR) is 82.0 cm³/mol. The molecule has 3 atom stereocenters. The van der Waals surface area contributed by atoms with Gasteiger partial charge < -0.3 is 4.74 Å². The maximum absolute atomic E-state index is 12.6. The molecule has 1 aliphatic heterocycles. The smallest absolute Gasteiger partial charge is 0.411 e. The Kier molecular flexibility index (Phi) is 5.00. The fourth-order valence-corrected chi connectivity index (χ4v) is 3.56. The average molecular weight is 312 g/mol. The molecule has 0 aromatic heterocycles. The molecule has 0 unspecified atom stereocenters. The number of rotatable bonds is 2. The first-order chi connectivity index (χ1) is 10.2. The van der Waals surface area contributed by atoms with Crippen LogP contribution >= 0.6 is 0 Å². The second-order valence-electron chi connectivity index (χ2n) is 7.27. The van der Waals surface area contributed by atoms with Gasteiger partial charge in [0.1, 0.15) is 11.6 Å². The van der Waals surface area contributed by atoms with Gasteiger partial charge in [0.2, 0.25) is 0 Å². The minimum absolute atomic E-state index is 0.114. The predicted octanol–water partition coefficient (Wildman–Crippen LogP) is 2.57. The highest BCUT2D eigenvalue weighted by Gasteiger charge is 2.49. The molecule has 0 aromatic carbocycles. The van der Waals surface area contributed by atoms with E-state index in [1.165, 1.54) is 18.6 Å². The largest absolute Gasteiger partial charge is 0.444 e. The summed E-state index contributed by atoms with van der Waals surface area (Å²) in [5, 5.41) is 1.21. The summed E-state index contributed by atoms with van der Waals surface area (Å²) < 4.78 is 5.54. The number of hydroxylamine groups is 2. The van der Waals surface area contributed by atoms with E-state index in [1.54, 1.807) is 11.9 Å². The molecule has 126 valence electrons. The van der Waals surface area contributed by atoms with Crippen LogP contribution in [0.4, 0.5) is 4.79 Å². The molecular formula is C16H28N2O4. The van der Waals surface area contributed by atoms with Gasteiger partial charge in [0.05, 0.1) is 7.11 Å². The van der Waals surface area contributed by atoms with Crippen LogP contribution in [0.25, 0.3) is 0 Å². The number of nitrogens with zero attached hydrogens (tertiary/aromatic N) is 2. The summed E-state index contributed by atoms with van der Waals surface area (Å²) in [5.74, 6) is 0.211. The Bertz CT molecular complexity index is 432. The van der Waals surface area contributed by atoms with Crippen molar-refractivity contribution in [3.05, 3.63) is 0 Å². The van der Waals surface area contributed by atoms with E-state index < -0.39 is 11.6 Å². The van der Waals surface area contributed by atoms with Crippen LogP contribution in [0.1, 0.15) is 52.9 Å². The van der Waals surface area contributed by atoms with Crippen molar-refractivity contribution in [1.82, 2.24) is 9.96 Å². The first-order valence-electron chi connectivity index (χ1n) is 8.07. The molecule has 2 aliphatic rings. The van der Waals surface area contributed by atoms with Crippen molar-refractivity contribution in [2.45, 2.75) is 70.6 Å². The number of likely N-dealkylation sites (N-methyl/N-ethyl adjacent to an activating group) is 1. The average Bonchev–Trinajstić information content (AvgIpc) is 2.83. The molecule has 2 rings (SSSR count). The molecule has 2 fully saturated rings. The van der Waals surface area contributed by atoms with Crippen molar-refractivity contribution in [1.29, 1.82) is 0 Å². The molecule has 1 saturated carbocycles. The summed E-state index contributed by atoms with van der Waals surface area (Å²) in [4.78, 5) is 31.9. The van der Waals surface area contributed by atoms with E-state index in [0.29, 0.717) is 12.3 Å². The number of hydrogen-bond donors (Lipinski definition) is 0. The lowest BCUT2D eigenvalue weighted by molar-refractivity contribution is -0.173. The Hall–Kier alpha value is -1.30. The summed E-state index contributed by atoms with van der Waals surface area (Å²) in [6.45, 7) is 5.53. The highest BCUT2D eigenvalue weighted by molar-refractivity contribution is 5.86. The fourth-order valence-electron chi connectivity index (χ4n) is 3.56. The van der Waals surface area contributed by atoms with E-state index in [1.807, 2.05) is 20.8 Å². The van der Waals surface area contributed by atoms with Crippen LogP contribution in [0.5, 0.6) is 0 Å². The molecule has 0 bridgehead atoms. The topological polar surface area (TPSA) is 59.1 Å². The number of carbonyl (C=O) groups excluding carboxylic acids is 2. The maximum Gasteiger partial charge on any atom is 0.411 e. The summed E-state index contributed by atoms with van der Waals surface area (Å²) in [6, 6.07) is -0.365. The maximum atomic E-state index is 12.6. The molecule has 6 nitrogen and oxygen atoms in total. The van der Waals surface area contributed by atoms with E-state index in [0.717, 1.165) is 19.3 Å². The van der Waals surface area contributed by atoms with Crippen molar-refractivity contribution in [2.24, 2.45) is 5.92 Å². The van der Waals surface area contributed by atoms with E-state index >= 15 is 0 Å². The van der Waals surface area contributed by atoms with Gasteiger partial charge >= 0.3 is 6.09 Å². The van der Waals surface area contributed by atoms with Gasteiger partial charge in [-0.1, -0.05) is 12.8 Å². The Morgan fingerprint density at radius 1 is 1.18 bits per heavy atom. The van der Waals surface area contributed by atoms with Crippen molar-refractivity contribution in [2.75, 3.05) is 14.2 Å². The van der Waals surface area contributed by atoms with Gasteiger partial charge in [0.15, 0.2) is 0 Å². The molecule has 1 saturated heterocycles. The molecule has 2 amide bonds. The first-order valence-corrected chi connectivity index (χ1v) is 8.07. The monoisotopic (exact) mass is 312 g/mol. The van der Waals surface area contributed by atoms with Crippen LogP contribution in [0.15, 0.2) is 0 Å². The Morgan fingerprint density at radius 3 is 2.41 bits per heavy atom. The third kappa shape index (κ3) is 3.54. The minimum Gasteiger partial charge on any atom is -0.444 e. The lowest BCUT2D eigenvalue weighted by atomic mass is 9.85. The molecule has 1 aliphatic carbocycles. The second-order valence-corrected chi connectivity index (χ2v) is 7.27. The molecule has 0 radical (unpaired) electrons. The molecule has 1 heterocycles. The van der Waals surface area contributed by atoms with E-state index in [2.05, 4.69) is 0 Å². The standard InChI is InChI=1S/C16H28N2O4/c1-16(2,3)22-15(20)18-12-9-7-6-8-11(12)10-13(18)14(19)17(4)21-5/h11-13H,6-10H2,1-5H3/t11-,12-,13-/m0/s1. The number of hydrogen-bond acceptors (Lipinski definition) is 4. The third-order valence-corrected chi connectivity index (χ3v) is 4.56. The van der Waals surface area contributed by atoms with Gasteiger partial charge in [0, 0.05) is 13.1 Å². The van der Waals surface area contributed by atoms with Crippen molar-refractivity contribution in [3.63, 3.8) is 0 Å².